The molecule has 0 bridgehead atoms. The predicted octanol–water partition coefficient (Wildman–Crippen LogP) is 3.63. The Bertz CT molecular complexity index is 524. The molecule has 0 saturated carbocycles. The van der Waals surface area contributed by atoms with Crippen LogP contribution in [0, 0.1) is 23.7 Å². The molecule has 0 aromatic heterocycles. The number of anilines is 1. The van der Waals surface area contributed by atoms with Crippen LogP contribution in [0.3, 0.4) is 0 Å². The van der Waals surface area contributed by atoms with Gasteiger partial charge in [0.05, 0.1) is 6.07 Å². The summed E-state index contributed by atoms with van der Waals surface area (Å²) in [5, 5.41) is 9.07. The number of carbonyl (C=O) groups is 1. The average molecular weight is 258 g/mol. The third-order valence-electron chi connectivity index (χ3n) is 3.38. The monoisotopic (exact) mass is 258 g/mol. The number of hydrogen-bond donors (Lipinski definition) is 0. The number of amides is 1. The highest BCUT2D eigenvalue weighted by Gasteiger charge is 2.31. The van der Waals surface area contributed by atoms with E-state index in [0.717, 1.165) is 11.3 Å². The number of nitriles is 1. The molecule has 0 radical (unpaired) electrons. The van der Waals surface area contributed by atoms with Gasteiger partial charge in [-0.2, -0.15) is 5.26 Å². The molecule has 0 spiro atoms. The van der Waals surface area contributed by atoms with Crippen LogP contribution in [0.4, 0.5) is 5.69 Å². The molecule has 0 aliphatic heterocycles. The van der Waals surface area contributed by atoms with Gasteiger partial charge in [0, 0.05) is 12.7 Å². The van der Waals surface area contributed by atoms with Gasteiger partial charge in [0.15, 0.2) is 0 Å². The van der Waals surface area contributed by atoms with E-state index >= 15 is 0 Å². The smallest absolute Gasteiger partial charge is 0.246 e. The second-order valence-electron chi connectivity index (χ2n) is 5.80. The van der Waals surface area contributed by atoms with Gasteiger partial charge >= 0.3 is 0 Å². The van der Waals surface area contributed by atoms with Gasteiger partial charge < -0.3 is 4.90 Å². The molecule has 102 valence electrons. The Kier molecular flexibility index (Phi) is 4.36. The van der Waals surface area contributed by atoms with Crippen LogP contribution in [-0.2, 0) is 4.79 Å². The summed E-state index contributed by atoms with van der Waals surface area (Å²) >= 11 is 0. The summed E-state index contributed by atoms with van der Waals surface area (Å²) in [6, 6.07) is 8.19. The van der Waals surface area contributed by atoms with E-state index in [0.29, 0.717) is 5.92 Å². The Morgan fingerprint density at radius 2 is 1.95 bits per heavy atom. The number of hydrogen-bond acceptors (Lipinski definition) is 2. The molecular weight excluding hydrogens is 236 g/mol. The van der Waals surface area contributed by atoms with E-state index in [-0.39, 0.29) is 5.91 Å². The van der Waals surface area contributed by atoms with Crippen molar-refractivity contribution in [3.8, 4) is 6.07 Å². The average Bonchev–Trinajstić information content (AvgIpc) is 2.37. The molecule has 0 fully saturated rings. The van der Waals surface area contributed by atoms with E-state index in [1.54, 1.807) is 25.8 Å². The predicted molar refractivity (Wildman–Crippen MR) is 78.1 cm³/mol. The van der Waals surface area contributed by atoms with Gasteiger partial charge in [-0.1, -0.05) is 26.0 Å². The molecule has 1 amide bonds. The van der Waals surface area contributed by atoms with Crippen LogP contribution in [0.1, 0.15) is 44.7 Å². The Morgan fingerprint density at radius 3 is 2.42 bits per heavy atom. The summed E-state index contributed by atoms with van der Waals surface area (Å²) < 4.78 is 0. The lowest BCUT2D eigenvalue weighted by molar-refractivity contribution is -0.123. The van der Waals surface area contributed by atoms with E-state index in [1.165, 1.54) is 5.56 Å². The minimum Gasteiger partial charge on any atom is -0.314 e. The van der Waals surface area contributed by atoms with Crippen molar-refractivity contribution in [1.82, 2.24) is 0 Å². The van der Waals surface area contributed by atoms with Crippen molar-refractivity contribution in [2.75, 3.05) is 11.9 Å². The Labute approximate surface area is 115 Å². The van der Waals surface area contributed by atoms with Gasteiger partial charge in [0.2, 0.25) is 5.91 Å². The van der Waals surface area contributed by atoms with E-state index < -0.39 is 5.41 Å². The van der Waals surface area contributed by atoms with Gasteiger partial charge in [-0.05, 0) is 43.9 Å². The highest BCUT2D eigenvalue weighted by atomic mass is 16.2. The fourth-order valence-corrected chi connectivity index (χ4v) is 1.92. The first-order chi connectivity index (χ1) is 8.70. The second-order valence-corrected chi connectivity index (χ2v) is 5.80. The molecule has 0 aliphatic rings. The van der Waals surface area contributed by atoms with Crippen LogP contribution in [0.2, 0.25) is 0 Å². The zero-order chi connectivity index (χ0) is 14.8. The van der Waals surface area contributed by atoms with Crippen LogP contribution in [0.15, 0.2) is 18.2 Å². The van der Waals surface area contributed by atoms with Crippen LogP contribution in [-0.4, -0.2) is 13.0 Å². The maximum atomic E-state index is 12.3. The molecule has 0 unspecified atom stereocenters. The summed E-state index contributed by atoms with van der Waals surface area (Å²) in [6.07, 6.45) is 0. The van der Waals surface area contributed by atoms with Gasteiger partial charge in [-0.25, -0.2) is 0 Å². The molecule has 0 atom stereocenters. The molecule has 3 heteroatoms. The Hall–Kier alpha value is -1.82. The largest absolute Gasteiger partial charge is 0.314 e. The van der Waals surface area contributed by atoms with Crippen molar-refractivity contribution >= 4 is 11.6 Å². The van der Waals surface area contributed by atoms with Gasteiger partial charge in [0.1, 0.15) is 5.41 Å². The molecule has 19 heavy (non-hydrogen) atoms. The fourth-order valence-electron chi connectivity index (χ4n) is 1.92. The summed E-state index contributed by atoms with van der Waals surface area (Å²) in [5.41, 5.74) is 2.10. The van der Waals surface area contributed by atoms with Crippen LogP contribution < -0.4 is 4.90 Å². The maximum Gasteiger partial charge on any atom is 0.246 e. The summed E-state index contributed by atoms with van der Waals surface area (Å²) in [6.45, 7) is 9.51. The molecule has 1 aromatic carbocycles. The normalized spacial score (nSPS) is 11.3. The third kappa shape index (κ3) is 3.14. The van der Waals surface area contributed by atoms with Gasteiger partial charge in [-0.15, -0.1) is 0 Å². The summed E-state index contributed by atoms with van der Waals surface area (Å²) in [7, 11) is 1.73. The first-order valence-electron chi connectivity index (χ1n) is 6.50. The van der Waals surface area contributed by atoms with Crippen molar-refractivity contribution in [2.45, 2.75) is 40.5 Å². The number of carbonyl (C=O) groups excluding carboxylic acids is 1. The second kappa shape index (κ2) is 5.44. The Morgan fingerprint density at radius 1 is 1.37 bits per heavy atom. The molecule has 0 saturated heterocycles. The van der Waals surface area contributed by atoms with E-state index in [9.17, 15) is 4.79 Å². The lowest BCUT2D eigenvalue weighted by Crippen LogP contribution is -2.38. The molecule has 0 N–H and O–H groups in total. The zero-order valence-corrected chi connectivity index (χ0v) is 12.6. The minimum atomic E-state index is -1.00. The quantitative estimate of drug-likeness (QED) is 0.831. The Balaban J connectivity index is 3.20. The lowest BCUT2D eigenvalue weighted by Gasteiger charge is -2.26. The number of nitrogens with zero attached hydrogens (tertiary/aromatic N) is 2. The first kappa shape index (κ1) is 15.2. The maximum absolute atomic E-state index is 12.3. The molecule has 1 aromatic rings. The third-order valence-corrected chi connectivity index (χ3v) is 3.38. The minimum absolute atomic E-state index is 0.181. The zero-order valence-electron chi connectivity index (χ0n) is 12.6. The molecule has 0 aliphatic carbocycles. The molecule has 0 heterocycles. The van der Waals surface area contributed by atoms with Gasteiger partial charge in [0.25, 0.3) is 0 Å². The summed E-state index contributed by atoms with van der Waals surface area (Å²) in [5.74, 6) is 0.228. The van der Waals surface area contributed by atoms with Gasteiger partial charge in [-0.3, -0.25) is 4.79 Å². The van der Waals surface area contributed by atoms with E-state index in [2.05, 4.69) is 26.0 Å². The van der Waals surface area contributed by atoms with Crippen molar-refractivity contribution < 1.29 is 4.79 Å². The topological polar surface area (TPSA) is 44.1 Å². The van der Waals surface area contributed by atoms with Crippen molar-refractivity contribution in [1.29, 1.82) is 5.26 Å². The van der Waals surface area contributed by atoms with Crippen LogP contribution >= 0.6 is 0 Å². The number of aryl methyl sites for hydroxylation is 1. The van der Waals surface area contributed by atoms with Crippen LogP contribution in [0.5, 0.6) is 0 Å². The number of benzene rings is 1. The summed E-state index contributed by atoms with van der Waals surface area (Å²) in [4.78, 5) is 13.9. The van der Waals surface area contributed by atoms with E-state index in [4.69, 9.17) is 5.26 Å². The highest BCUT2D eigenvalue weighted by Crippen LogP contribution is 2.28. The fraction of sp³-hybridized carbons (Fsp3) is 0.500. The number of rotatable bonds is 3. The molecular formula is C16H22N2O. The van der Waals surface area contributed by atoms with Crippen molar-refractivity contribution in [3.05, 3.63) is 29.3 Å². The molecule has 3 nitrogen and oxygen atoms in total. The highest BCUT2D eigenvalue weighted by molar-refractivity contribution is 5.99. The lowest BCUT2D eigenvalue weighted by atomic mass is 9.93. The SMILES string of the molecule is Cc1ccc(C(C)C)cc1N(C)C(=O)C(C)(C)C#N. The van der Waals surface area contributed by atoms with Crippen LogP contribution in [0.25, 0.3) is 0 Å². The van der Waals surface area contributed by atoms with Crippen molar-refractivity contribution in [2.24, 2.45) is 5.41 Å². The van der Waals surface area contributed by atoms with E-state index in [1.807, 2.05) is 19.1 Å². The first-order valence-corrected chi connectivity index (χ1v) is 6.50. The molecule has 1 rings (SSSR count). The van der Waals surface area contributed by atoms with Crippen molar-refractivity contribution in [3.63, 3.8) is 0 Å². The standard InChI is InChI=1S/C16H22N2O/c1-11(2)13-8-7-12(3)14(9-13)18(6)15(19)16(4,5)10-17/h7-9,11H,1-6H3.